The van der Waals surface area contributed by atoms with Crippen LogP contribution in [0.25, 0.3) is 0 Å². The Morgan fingerprint density at radius 1 is 1.33 bits per heavy atom. The van der Waals surface area contributed by atoms with Crippen LogP contribution in [0, 0.1) is 0 Å². The maximum atomic E-state index is 11.5. The number of hydrogen-bond acceptors (Lipinski definition) is 2. The molecule has 2 rings (SSSR count). The summed E-state index contributed by atoms with van der Waals surface area (Å²) in [6, 6.07) is 0. The molecular weight excluding hydrogens is 154 g/mol. The first-order chi connectivity index (χ1) is 5.64. The number of carbonyl (C=O) groups excluding carboxylic acids is 2. The molecule has 0 aliphatic carbocycles. The Morgan fingerprint density at radius 2 is 2.08 bits per heavy atom. The fraction of sp³-hybridized carbons (Fsp3) is 0.778. The number of carbonyl (C=O) groups is 2. The van der Waals surface area contributed by atoms with E-state index in [1.807, 2.05) is 6.92 Å². The van der Waals surface area contributed by atoms with E-state index in [2.05, 4.69) is 0 Å². The minimum Gasteiger partial charge on any atom is -0.330 e. The minimum absolute atomic E-state index is 0.162. The molecule has 66 valence electrons. The minimum atomic E-state index is -0.435. The van der Waals surface area contributed by atoms with Gasteiger partial charge in [-0.05, 0) is 19.8 Å². The van der Waals surface area contributed by atoms with Gasteiger partial charge in [-0.25, -0.2) is 0 Å². The van der Waals surface area contributed by atoms with E-state index in [1.54, 1.807) is 4.90 Å². The van der Waals surface area contributed by atoms with Gasteiger partial charge in [0, 0.05) is 19.4 Å². The van der Waals surface area contributed by atoms with Gasteiger partial charge in [0.05, 0.1) is 5.54 Å². The molecule has 1 amide bonds. The quantitative estimate of drug-likeness (QED) is 0.533. The monoisotopic (exact) mass is 167 g/mol. The van der Waals surface area contributed by atoms with Crippen LogP contribution in [0.4, 0.5) is 0 Å². The van der Waals surface area contributed by atoms with Crippen LogP contribution in [0.1, 0.15) is 32.6 Å². The van der Waals surface area contributed by atoms with Crippen molar-refractivity contribution in [3.63, 3.8) is 0 Å². The summed E-state index contributed by atoms with van der Waals surface area (Å²) < 4.78 is 0. The third kappa shape index (κ3) is 0.822. The fourth-order valence-corrected chi connectivity index (χ4v) is 2.28. The second kappa shape index (κ2) is 2.31. The molecule has 1 atom stereocenters. The van der Waals surface area contributed by atoms with Crippen LogP contribution in [0.2, 0.25) is 0 Å². The molecule has 3 nitrogen and oxygen atoms in total. The smallest absolute Gasteiger partial charge is 0.223 e. The Labute approximate surface area is 71.7 Å². The average Bonchev–Trinajstić information content (AvgIpc) is 2.42. The largest absolute Gasteiger partial charge is 0.330 e. The molecule has 2 aliphatic rings. The second-order valence-electron chi connectivity index (χ2n) is 3.85. The van der Waals surface area contributed by atoms with Gasteiger partial charge in [-0.15, -0.1) is 0 Å². The van der Waals surface area contributed by atoms with E-state index in [4.69, 9.17) is 0 Å². The zero-order chi connectivity index (χ0) is 8.77. The number of nitrogens with zero attached hydrogens (tertiary/aromatic N) is 1. The molecule has 2 saturated heterocycles. The highest BCUT2D eigenvalue weighted by Gasteiger charge is 2.47. The summed E-state index contributed by atoms with van der Waals surface area (Å²) in [5, 5.41) is 0. The maximum Gasteiger partial charge on any atom is 0.223 e. The van der Waals surface area contributed by atoms with Crippen molar-refractivity contribution in [1.82, 2.24) is 4.90 Å². The van der Waals surface area contributed by atoms with Crippen LogP contribution in [-0.2, 0) is 9.59 Å². The summed E-state index contributed by atoms with van der Waals surface area (Å²) in [6.45, 7) is 2.68. The first-order valence-corrected chi connectivity index (χ1v) is 4.48. The Bertz CT molecular complexity index is 249. The van der Waals surface area contributed by atoms with Crippen LogP contribution in [0.15, 0.2) is 0 Å². The summed E-state index contributed by atoms with van der Waals surface area (Å²) in [5.41, 5.74) is -0.435. The van der Waals surface area contributed by atoms with Gasteiger partial charge in [0.25, 0.3) is 0 Å². The highest BCUT2D eigenvalue weighted by molar-refractivity contribution is 5.98. The third-order valence-electron chi connectivity index (χ3n) is 3.11. The van der Waals surface area contributed by atoms with Crippen LogP contribution in [0.5, 0.6) is 0 Å². The van der Waals surface area contributed by atoms with Crippen molar-refractivity contribution in [1.29, 1.82) is 0 Å². The number of fused-ring (bicyclic) bond motifs is 1. The summed E-state index contributed by atoms with van der Waals surface area (Å²) in [7, 11) is 0. The van der Waals surface area contributed by atoms with Gasteiger partial charge < -0.3 is 4.90 Å². The van der Waals surface area contributed by atoms with E-state index in [-0.39, 0.29) is 11.7 Å². The van der Waals surface area contributed by atoms with Gasteiger partial charge in [-0.3, -0.25) is 9.59 Å². The van der Waals surface area contributed by atoms with Gasteiger partial charge >= 0.3 is 0 Å². The van der Waals surface area contributed by atoms with Crippen molar-refractivity contribution in [2.45, 2.75) is 38.1 Å². The lowest BCUT2D eigenvalue weighted by atomic mass is 9.87. The van der Waals surface area contributed by atoms with Crippen LogP contribution < -0.4 is 0 Å². The number of piperidine rings is 1. The first kappa shape index (κ1) is 7.77. The lowest BCUT2D eigenvalue weighted by Crippen LogP contribution is -2.54. The average molecular weight is 167 g/mol. The highest BCUT2D eigenvalue weighted by Crippen LogP contribution is 2.34. The SMILES string of the molecule is C[C@@]12CCCN1C(=O)CCC2=O. The zero-order valence-electron chi connectivity index (χ0n) is 7.30. The number of Topliss-reactive ketones (excluding diaryl/α,β-unsaturated/α-hetero) is 1. The molecule has 0 aromatic rings. The third-order valence-corrected chi connectivity index (χ3v) is 3.11. The van der Waals surface area contributed by atoms with Gasteiger partial charge in [-0.1, -0.05) is 0 Å². The van der Waals surface area contributed by atoms with Crippen molar-refractivity contribution in [2.24, 2.45) is 0 Å². The van der Waals surface area contributed by atoms with Gasteiger partial charge in [-0.2, -0.15) is 0 Å². The molecule has 0 saturated carbocycles. The predicted octanol–water partition coefficient (Wildman–Crippen LogP) is 0.730. The maximum absolute atomic E-state index is 11.5. The van der Waals surface area contributed by atoms with E-state index in [1.165, 1.54) is 0 Å². The van der Waals surface area contributed by atoms with Crippen molar-refractivity contribution < 1.29 is 9.59 Å². The fourth-order valence-electron chi connectivity index (χ4n) is 2.28. The predicted molar refractivity (Wildman–Crippen MR) is 43.6 cm³/mol. The molecule has 0 bridgehead atoms. The molecule has 12 heavy (non-hydrogen) atoms. The lowest BCUT2D eigenvalue weighted by molar-refractivity contribution is -0.148. The summed E-state index contributed by atoms with van der Waals surface area (Å²) in [6.07, 6.45) is 2.71. The van der Waals surface area contributed by atoms with Gasteiger partial charge in [0.1, 0.15) is 0 Å². The number of rotatable bonds is 0. The first-order valence-electron chi connectivity index (χ1n) is 4.48. The topological polar surface area (TPSA) is 37.4 Å². The summed E-state index contributed by atoms with van der Waals surface area (Å²) in [4.78, 5) is 24.7. The molecule has 2 fully saturated rings. The normalized spacial score (nSPS) is 35.6. The molecule has 0 unspecified atom stereocenters. The number of amides is 1. The van der Waals surface area contributed by atoms with Crippen molar-refractivity contribution in [3.8, 4) is 0 Å². The molecule has 3 heteroatoms. The summed E-state index contributed by atoms with van der Waals surface area (Å²) >= 11 is 0. The molecule has 0 N–H and O–H groups in total. The summed E-state index contributed by atoms with van der Waals surface area (Å²) in [5.74, 6) is 0.411. The Balaban J connectivity index is 2.33. The van der Waals surface area contributed by atoms with Crippen molar-refractivity contribution in [3.05, 3.63) is 0 Å². The molecule has 0 aromatic carbocycles. The molecule has 0 aromatic heterocycles. The van der Waals surface area contributed by atoms with Crippen LogP contribution in [-0.4, -0.2) is 28.7 Å². The number of ketones is 1. The standard InChI is InChI=1S/C9H13NO2/c1-9-5-2-6-10(9)8(12)4-3-7(9)11/h2-6H2,1H3/t9-/m0/s1. The zero-order valence-corrected chi connectivity index (χ0v) is 7.30. The highest BCUT2D eigenvalue weighted by atomic mass is 16.2. The van der Waals surface area contributed by atoms with Gasteiger partial charge in [0.2, 0.25) is 5.91 Å². The van der Waals surface area contributed by atoms with Crippen LogP contribution in [0.3, 0.4) is 0 Å². The molecule has 2 heterocycles. The molecule has 0 radical (unpaired) electrons. The molecular formula is C9H13NO2. The Hall–Kier alpha value is -0.860. The van der Waals surface area contributed by atoms with E-state index in [9.17, 15) is 9.59 Å². The Kier molecular flexibility index (Phi) is 1.50. The van der Waals surface area contributed by atoms with Gasteiger partial charge in [0.15, 0.2) is 5.78 Å². The Morgan fingerprint density at radius 3 is 2.75 bits per heavy atom. The van der Waals surface area contributed by atoms with E-state index in [0.29, 0.717) is 12.8 Å². The molecule has 0 spiro atoms. The van der Waals surface area contributed by atoms with E-state index < -0.39 is 5.54 Å². The van der Waals surface area contributed by atoms with E-state index in [0.717, 1.165) is 19.4 Å². The van der Waals surface area contributed by atoms with Crippen molar-refractivity contribution in [2.75, 3.05) is 6.54 Å². The second-order valence-corrected chi connectivity index (χ2v) is 3.85. The van der Waals surface area contributed by atoms with E-state index >= 15 is 0 Å². The molecule has 2 aliphatic heterocycles. The number of hydrogen-bond donors (Lipinski definition) is 0. The lowest BCUT2D eigenvalue weighted by Gasteiger charge is -2.37. The van der Waals surface area contributed by atoms with Crippen molar-refractivity contribution >= 4 is 11.7 Å². The van der Waals surface area contributed by atoms with Crippen LogP contribution >= 0.6 is 0 Å².